The van der Waals surface area contributed by atoms with E-state index < -0.39 is 0 Å². The quantitative estimate of drug-likeness (QED) is 0.577. The first-order valence-electron chi connectivity index (χ1n) is 7.66. The van der Waals surface area contributed by atoms with E-state index in [-0.39, 0.29) is 0 Å². The van der Waals surface area contributed by atoms with Gasteiger partial charge in [-0.15, -0.1) is 0 Å². The average Bonchev–Trinajstić information content (AvgIpc) is 2.49. The van der Waals surface area contributed by atoms with E-state index in [4.69, 9.17) is 0 Å². The molecule has 2 unspecified atom stereocenters. The number of rotatable bonds is 0. The molecule has 0 fully saturated rings. The number of fused-ring (bicyclic) bond motifs is 4. The van der Waals surface area contributed by atoms with E-state index in [1.165, 1.54) is 35.1 Å². The first-order chi connectivity index (χ1) is 9.75. The Bertz CT molecular complexity index is 644. The number of hydrogen-bond acceptors (Lipinski definition) is 0. The smallest absolute Gasteiger partial charge is 0.0144 e. The van der Waals surface area contributed by atoms with Gasteiger partial charge in [0.1, 0.15) is 0 Å². The Kier molecular flexibility index (Phi) is 2.60. The molecule has 2 aliphatic rings. The third kappa shape index (κ3) is 1.61. The minimum Gasteiger partial charge on any atom is -0.0619 e. The Morgan fingerprint density at radius 3 is 1.50 bits per heavy atom. The molecular weight excluding hydrogens is 240 g/mol. The van der Waals surface area contributed by atoms with Crippen molar-refractivity contribution in [2.45, 2.75) is 38.5 Å². The average molecular weight is 260 g/mol. The molecule has 2 aromatic carbocycles. The van der Waals surface area contributed by atoms with Crippen molar-refractivity contribution >= 4 is 11.1 Å². The summed E-state index contributed by atoms with van der Waals surface area (Å²) in [5.41, 5.74) is 9.29. The topological polar surface area (TPSA) is 0 Å². The minimum atomic E-state index is 0.631. The highest BCUT2D eigenvalue weighted by molar-refractivity contribution is 5.96. The van der Waals surface area contributed by atoms with Gasteiger partial charge in [-0.1, -0.05) is 62.4 Å². The zero-order valence-electron chi connectivity index (χ0n) is 12.2. The first kappa shape index (κ1) is 12.0. The van der Waals surface area contributed by atoms with Crippen LogP contribution >= 0.6 is 0 Å². The molecule has 0 saturated carbocycles. The summed E-state index contributed by atoms with van der Waals surface area (Å²) in [4.78, 5) is 0. The predicted molar refractivity (Wildman–Crippen MR) is 85.8 cm³/mol. The van der Waals surface area contributed by atoms with Gasteiger partial charge in [-0.2, -0.15) is 0 Å². The van der Waals surface area contributed by atoms with E-state index >= 15 is 0 Å². The van der Waals surface area contributed by atoms with Crippen LogP contribution in [0.5, 0.6) is 0 Å². The lowest BCUT2D eigenvalue weighted by molar-refractivity contribution is 0.731. The van der Waals surface area contributed by atoms with E-state index in [2.05, 4.69) is 62.4 Å². The molecule has 20 heavy (non-hydrogen) atoms. The summed E-state index contributed by atoms with van der Waals surface area (Å²) in [5.74, 6) is 1.26. The molecule has 0 bridgehead atoms. The molecular formula is C20H20. The Balaban J connectivity index is 1.99. The molecule has 0 amide bonds. The lowest BCUT2D eigenvalue weighted by Gasteiger charge is -2.35. The third-order valence-electron chi connectivity index (χ3n) is 5.02. The summed E-state index contributed by atoms with van der Waals surface area (Å²) < 4.78 is 0. The van der Waals surface area contributed by atoms with Gasteiger partial charge in [0.05, 0.1) is 0 Å². The fourth-order valence-electron chi connectivity index (χ4n) is 4.03. The fraction of sp³-hybridized carbons (Fsp3) is 0.300. The Morgan fingerprint density at radius 2 is 1.05 bits per heavy atom. The van der Waals surface area contributed by atoms with E-state index in [0.29, 0.717) is 11.8 Å². The van der Waals surface area contributed by atoms with E-state index in [1.54, 1.807) is 11.1 Å². The molecule has 0 aromatic heterocycles. The van der Waals surface area contributed by atoms with Gasteiger partial charge >= 0.3 is 0 Å². The van der Waals surface area contributed by atoms with Crippen LogP contribution in [0.15, 0.2) is 48.5 Å². The number of hydrogen-bond donors (Lipinski definition) is 0. The maximum atomic E-state index is 2.36. The van der Waals surface area contributed by atoms with Crippen molar-refractivity contribution in [3.63, 3.8) is 0 Å². The largest absolute Gasteiger partial charge is 0.0619 e. The Morgan fingerprint density at radius 1 is 0.650 bits per heavy atom. The molecule has 0 heterocycles. The van der Waals surface area contributed by atoms with Crippen LogP contribution in [0, 0.1) is 0 Å². The highest BCUT2D eigenvalue weighted by Crippen LogP contribution is 2.50. The summed E-state index contributed by atoms with van der Waals surface area (Å²) in [6.07, 6.45) is 2.38. The first-order valence-corrected chi connectivity index (χ1v) is 7.66. The summed E-state index contributed by atoms with van der Waals surface area (Å²) in [6.45, 7) is 4.73. The van der Waals surface area contributed by atoms with Crippen LogP contribution in [-0.4, -0.2) is 0 Å². The van der Waals surface area contributed by atoms with Crippen LogP contribution in [-0.2, 0) is 0 Å². The fourth-order valence-corrected chi connectivity index (χ4v) is 4.03. The summed E-state index contributed by atoms with van der Waals surface area (Å²) in [7, 11) is 0. The molecule has 2 aromatic rings. The van der Waals surface area contributed by atoms with Crippen LogP contribution in [0.25, 0.3) is 11.1 Å². The van der Waals surface area contributed by atoms with Crippen LogP contribution in [0.1, 0.15) is 60.8 Å². The van der Waals surface area contributed by atoms with Gasteiger partial charge in [0, 0.05) is 0 Å². The molecule has 0 nitrogen and oxygen atoms in total. The molecule has 0 saturated heterocycles. The van der Waals surface area contributed by atoms with Crippen molar-refractivity contribution in [3.8, 4) is 0 Å². The van der Waals surface area contributed by atoms with Crippen molar-refractivity contribution in [2.24, 2.45) is 0 Å². The maximum Gasteiger partial charge on any atom is -0.0144 e. The summed E-state index contributed by atoms with van der Waals surface area (Å²) >= 11 is 0. The van der Waals surface area contributed by atoms with Crippen LogP contribution < -0.4 is 0 Å². The van der Waals surface area contributed by atoms with Crippen LogP contribution in [0.2, 0.25) is 0 Å². The monoisotopic (exact) mass is 260 g/mol. The standard InChI is InChI=1S/C20H20/c1-13-11-19-18-10-6-4-8-16(18)14(2)12-20(19)17-9-5-3-7-15(13)17/h3-10,13-14H,11-12H2,1-2H3. The molecule has 0 spiro atoms. The van der Waals surface area contributed by atoms with Crippen LogP contribution in [0.4, 0.5) is 0 Å². The predicted octanol–water partition coefficient (Wildman–Crippen LogP) is 5.61. The summed E-state index contributed by atoms with van der Waals surface area (Å²) in [6, 6.07) is 18.0. The Labute approximate surface area is 121 Å². The van der Waals surface area contributed by atoms with E-state index in [1.807, 2.05) is 0 Å². The second-order valence-corrected chi connectivity index (χ2v) is 6.34. The molecule has 0 aliphatic heterocycles. The molecule has 4 rings (SSSR count). The highest BCUT2D eigenvalue weighted by Gasteiger charge is 2.30. The lowest BCUT2D eigenvalue weighted by Crippen LogP contribution is -2.15. The lowest BCUT2D eigenvalue weighted by atomic mass is 9.69. The SMILES string of the molecule is CC1CC2=C(CC(C)c3ccccc32)c2ccccc21. The Hall–Kier alpha value is -1.82. The van der Waals surface area contributed by atoms with Gasteiger partial charge < -0.3 is 0 Å². The minimum absolute atomic E-state index is 0.631. The van der Waals surface area contributed by atoms with Crippen molar-refractivity contribution in [2.75, 3.05) is 0 Å². The zero-order valence-corrected chi connectivity index (χ0v) is 12.2. The van der Waals surface area contributed by atoms with Crippen LogP contribution in [0.3, 0.4) is 0 Å². The van der Waals surface area contributed by atoms with Crippen molar-refractivity contribution in [1.29, 1.82) is 0 Å². The molecule has 0 N–H and O–H groups in total. The molecule has 0 heteroatoms. The normalized spacial score (nSPS) is 23.9. The third-order valence-corrected chi connectivity index (χ3v) is 5.02. The molecule has 2 aliphatic carbocycles. The molecule has 0 radical (unpaired) electrons. The zero-order chi connectivity index (χ0) is 13.7. The van der Waals surface area contributed by atoms with Gasteiger partial charge in [0.15, 0.2) is 0 Å². The van der Waals surface area contributed by atoms with Gasteiger partial charge in [-0.3, -0.25) is 0 Å². The molecule has 2 atom stereocenters. The second kappa shape index (κ2) is 4.34. The highest BCUT2D eigenvalue weighted by atomic mass is 14.3. The second-order valence-electron chi connectivity index (χ2n) is 6.34. The van der Waals surface area contributed by atoms with Crippen molar-refractivity contribution in [1.82, 2.24) is 0 Å². The maximum absolute atomic E-state index is 2.36. The van der Waals surface area contributed by atoms with E-state index in [9.17, 15) is 0 Å². The van der Waals surface area contributed by atoms with Gasteiger partial charge in [0.2, 0.25) is 0 Å². The van der Waals surface area contributed by atoms with Crippen molar-refractivity contribution in [3.05, 3.63) is 70.8 Å². The molecule has 100 valence electrons. The number of benzene rings is 2. The number of allylic oxidation sites excluding steroid dienone is 2. The van der Waals surface area contributed by atoms with Gasteiger partial charge in [0.25, 0.3) is 0 Å². The summed E-state index contributed by atoms with van der Waals surface area (Å²) in [5, 5.41) is 0. The van der Waals surface area contributed by atoms with E-state index in [0.717, 1.165) is 0 Å². The van der Waals surface area contributed by atoms with Gasteiger partial charge in [-0.25, -0.2) is 0 Å². The van der Waals surface area contributed by atoms with Crippen molar-refractivity contribution < 1.29 is 0 Å². The van der Waals surface area contributed by atoms with Gasteiger partial charge in [-0.05, 0) is 58.1 Å².